The van der Waals surface area contributed by atoms with E-state index in [9.17, 15) is 14.4 Å². The Balaban J connectivity index is 1.82. The molecule has 2 heterocycles. The Kier molecular flexibility index (Phi) is 5.40. The monoisotopic (exact) mass is 355 g/mol. The molecule has 1 unspecified atom stereocenters. The zero-order valence-electron chi connectivity index (χ0n) is 14.9. The van der Waals surface area contributed by atoms with Crippen molar-refractivity contribution in [2.75, 3.05) is 19.6 Å². The lowest BCUT2D eigenvalue weighted by molar-refractivity contribution is -0.136. The SMILES string of the molecule is C=CC(=O)N1CCC(C(=O)NC2CCCNC2=O)(c2ccccc2)CC1. The van der Waals surface area contributed by atoms with E-state index in [0.29, 0.717) is 38.9 Å². The van der Waals surface area contributed by atoms with E-state index in [1.807, 2.05) is 30.3 Å². The van der Waals surface area contributed by atoms with Gasteiger partial charge in [-0.2, -0.15) is 0 Å². The minimum absolute atomic E-state index is 0.112. The van der Waals surface area contributed by atoms with Crippen LogP contribution in [0.15, 0.2) is 43.0 Å². The summed E-state index contributed by atoms with van der Waals surface area (Å²) in [6.45, 7) is 5.18. The van der Waals surface area contributed by atoms with E-state index < -0.39 is 11.5 Å². The summed E-state index contributed by atoms with van der Waals surface area (Å²) >= 11 is 0. The lowest BCUT2D eigenvalue weighted by Crippen LogP contribution is -2.58. The van der Waals surface area contributed by atoms with Crippen molar-refractivity contribution in [2.45, 2.75) is 37.1 Å². The van der Waals surface area contributed by atoms with Crippen molar-refractivity contribution in [3.8, 4) is 0 Å². The number of carbonyl (C=O) groups is 3. The van der Waals surface area contributed by atoms with Gasteiger partial charge in [0.2, 0.25) is 17.7 Å². The van der Waals surface area contributed by atoms with Gasteiger partial charge in [-0.05, 0) is 37.3 Å². The summed E-state index contributed by atoms with van der Waals surface area (Å²) < 4.78 is 0. The van der Waals surface area contributed by atoms with Gasteiger partial charge in [0.15, 0.2) is 0 Å². The quantitative estimate of drug-likeness (QED) is 0.795. The highest BCUT2D eigenvalue weighted by Gasteiger charge is 2.44. The fraction of sp³-hybridized carbons (Fsp3) is 0.450. The first-order valence-electron chi connectivity index (χ1n) is 9.12. The number of carbonyl (C=O) groups excluding carboxylic acids is 3. The van der Waals surface area contributed by atoms with Crippen LogP contribution < -0.4 is 10.6 Å². The third-order valence-corrected chi connectivity index (χ3v) is 5.45. The van der Waals surface area contributed by atoms with Gasteiger partial charge in [-0.15, -0.1) is 0 Å². The molecule has 0 aliphatic carbocycles. The molecule has 26 heavy (non-hydrogen) atoms. The Hall–Kier alpha value is -2.63. The van der Waals surface area contributed by atoms with Crippen LogP contribution in [0.2, 0.25) is 0 Å². The molecule has 0 saturated carbocycles. The molecule has 2 aliphatic heterocycles. The molecular formula is C20H25N3O3. The summed E-state index contributed by atoms with van der Waals surface area (Å²) in [6, 6.07) is 9.17. The van der Waals surface area contributed by atoms with Gasteiger partial charge in [0.25, 0.3) is 0 Å². The minimum Gasteiger partial charge on any atom is -0.354 e. The molecule has 3 amide bonds. The highest BCUT2D eigenvalue weighted by molar-refractivity contribution is 5.94. The van der Waals surface area contributed by atoms with Gasteiger partial charge in [0.05, 0.1) is 5.41 Å². The third kappa shape index (κ3) is 3.49. The van der Waals surface area contributed by atoms with Crippen molar-refractivity contribution in [3.63, 3.8) is 0 Å². The van der Waals surface area contributed by atoms with Crippen LogP contribution in [0.25, 0.3) is 0 Å². The van der Waals surface area contributed by atoms with Crippen molar-refractivity contribution >= 4 is 17.7 Å². The van der Waals surface area contributed by atoms with Crippen LogP contribution in [0.5, 0.6) is 0 Å². The van der Waals surface area contributed by atoms with Gasteiger partial charge in [0, 0.05) is 19.6 Å². The molecule has 2 aliphatic rings. The smallest absolute Gasteiger partial charge is 0.245 e. The molecule has 1 atom stereocenters. The van der Waals surface area contributed by atoms with Gasteiger partial charge in [0.1, 0.15) is 6.04 Å². The van der Waals surface area contributed by atoms with Gasteiger partial charge in [-0.25, -0.2) is 0 Å². The molecular weight excluding hydrogens is 330 g/mol. The maximum Gasteiger partial charge on any atom is 0.245 e. The summed E-state index contributed by atoms with van der Waals surface area (Å²) in [7, 11) is 0. The van der Waals surface area contributed by atoms with Gasteiger partial charge >= 0.3 is 0 Å². The molecule has 6 heteroatoms. The second kappa shape index (κ2) is 7.72. The highest BCUT2D eigenvalue weighted by atomic mass is 16.2. The molecule has 1 aromatic carbocycles. The normalized spacial score (nSPS) is 22.2. The minimum atomic E-state index is -0.725. The van der Waals surface area contributed by atoms with Crippen LogP contribution in [0, 0.1) is 0 Å². The lowest BCUT2D eigenvalue weighted by Gasteiger charge is -2.41. The highest BCUT2D eigenvalue weighted by Crippen LogP contribution is 2.36. The lowest BCUT2D eigenvalue weighted by atomic mass is 9.71. The fourth-order valence-electron chi connectivity index (χ4n) is 3.85. The number of nitrogens with one attached hydrogen (secondary N) is 2. The predicted molar refractivity (Wildman–Crippen MR) is 98.3 cm³/mol. The number of hydrogen-bond acceptors (Lipinski definition) is 3. The van der Waals surface area contributed by atoms with Crippen LogP contribution in [0.3, 0.4) is 0 Å². The number of piperidine rings is 2. The fourth-order valence-corrected chi connectivity index (χ4v) is 3.85. The maximum atomic E-state index is 13.3. The maximum absolute atomic E-state index is 13.3. The molecule has 0 bridgehead atoms. The molecule has 0 spiro atoms. The van der Waals surface area contributed by atoms with E-state index in [4.69, 9.17) is 0 Å². The first-order valence-corrected chi connectivity index (χ1v) is 9.12. The standard InChI is InChI=1S/C20H25N3O3/c1-2-17(24)23-13-10-20(11-14-23,15-7-4-3-5-8-15)19(26)22-16-9-6-12-21-18(16)25/h2-5,7-8,16H,1,6,9-14H2,(H,21,25)(H,22,26). The zero-order chi connectivity index (χ0) is 18.6. The van der Waals surface area contributed by atoms with Crippen LogP contribution in [-0.2, 0) is 19.8 Å². The summed E-state index contributed by atoms with van der Waals surface area (Å²) in [6.07, 6.45) is 3.87. The first-order chi connectivity index (χ1) is 12.6. The molecule has 2 saturated heterocycles. The Morgan fingerprint density at radius 1 is 1.23 bits per heavy atom. The summed E-state index contributed by atoms with van der Waals surface area (Å²) in [4.78, 5) is 38.9. The number of hydrogen-bond donors (Lipinski definition) is 2. The number of likely N-dealkylation sites (tertiary alicyclic amines) is 1. The van der Waals surface area contributed by atoms with E-state index >= 15 is 0 Å². The van der Waals surface area contributed by atoms with Crippen molar-refractivity contribution in [1.29, 1.82) is 0 Å². The Bertz CT molecular complexity index is 694. The van der Waals surface area contributed by atoms with E-state index in [-0.39, 0.29) is 17.7 Å². The first kappa shape index (κ1) is 18.2. The average Bonchev–Trinajstić information content (AvgIpc) is 2.69. The van der Waals surface area contributed by atoms with Crippen molar-refractivity contribution < 1.29 is 14.4 Å². The largest absolute Gasteiger partial charge is 0.354 e. The van der Waals surface area contributed by atoms with Crippen LogP contribution in [-0.4, -0.2) is 48.3 Å². The summed E-state index contributed by atoms with van der Waals surface area (Å²) in [5, 5.41) is 5.77. The van der Waals surface area contributed by atoms with Crippen molar-refractivity contribution in [1.82, 2.24) is 15.5 Å². The zero-order valence-corrected chi connectivity index (χ0v) is 14.9. The summed E-state index contributed by atoms with van der Waals surface area (Å²) in [5.74, 6) is -0.359. The second-order valence-electron chi connectivity index (χ2n) is 6.94. The molecule has 138 valence electrons. The van der Waals surface area contributed by atoms with Gasteiger partial charge < -0.3 is 15.5 Å². The van der Waals surface area contributed by atoms with E-state index in [1.165, 1.54) is 6.08 Å². The Labute approximate surface area is 153 Å². The number of amides is 3. The topological polar surface area (TPSA) is 78.5 Å². The van der Waals surface area contributed by atoms with Gasteiger partial charge in [-0.1, -0.05) is 36.9 Å². The van der Waals surface area contributed by atoms with Crippen LogP contribution in [0.4, 0.5) is 0 Å². The van der Waals surface area contributed by atoms with Gasteiger partial charge in [-0.3, -0.25) is 14.4 Å². The van der Waals surface area contributed by atoms with Crippen LogP contribution in [0.1, 0.15) is 31.2 Å². The molecule has 6 nitrogen and oxygen atoms in total. The van der Waals surface area contributed by atoms with E-state index in [0.717, 1.165) is 12.0 Å². The van der Waals surface area contributed by atoms with Crippen LogP contribution >= 0.6 is 0 Å². The number of rotatable bonds is 4. The summed E-state index contributed by atoms with van der Waals surface area (Å²) in [5.41, 5.74) is 0.205. The van der Waals surface area contributed by atoms with E-state index in [1.54, 1.807) is 4.90 Å². The molecule has 1 aromatic rings. The molecule has 2 fully saturated rings. The molecule has 0 radical (unpaired) electrons. The Morgan fingerprint density at radius 2 is 1.92 bits per heavy atom. The predicted octanol–water partition coefficient (Wildman–Crippen LogP) is 1.13. The average molecular weight is 355 g/mol. The van der Waals surface area contributed by atoms with E-state index in [2.05, 4.69) is 17.2 Å². The van der Waals surface area contributed by atoms with Crippen molar-refractivity contribution in [3.05, 3.63) is 48.6 Å². The Morgan fingerprint density at radius 3 is 2.54 bits per heavy atom. The van der Waals surface area contributed by atoms with Crippen molar-refractivity contribution in [2.24, 2.45) is 0 Å². The third-order valence-electron chi connectivity index (χ3n) is 5.45. The second-order valence-corrected chi connectivity index (χ2v) is 6.94. The number of nitrogens with zero attached hydrogens (tertiary/aromatic N) is 1. The molecule has 0 aromatic heterocycles. The number of benzene rings is 1. The molecule has 2 N–H and O–H groups in total. The molecule has 3 rings (SSSR count).